The van der Waals surface area contributed by atoms with Gasteiger partial charge in [-0.05, 0) is 6.07 Å². The lowest BCUT2D eigenvalue weighted by atomic mass is 10.3. The Hall–Kier alpha value is -1.66. The number of hydrogen-bond donors (Lipinski definition) is 0. The molecule has 1 aliphatic heterocycles. The smallest absolute Gasteiger partial charge is 0.261 e. The maximum absolute atomic E-state index is 5.55. The van der Waals surface area contributed by atoms with E-state index in [0.717, 1.165) is 50.6 Å². The fourth-order valence-electron chi connectivity index (χ4n) is 2.07. The molecule has 1 fully saturated rings. The third kappa shape index (κ3) is 2.85. The third-order valence-corrected chi connectivity index (χ3v) is 3.17. The molecule has 1 aliphatic rings. The van der Waals surface area contributed by atoms with E-state index in [-0.39, 0.29) is 0 Å². The summed E-state index contributed by atoms with van der Waals surface area (Å²) in [7, 11) is 0. The molecule has 6 heteroatoms. The zero-order chi connectivity index (χ0) is 13.1. The molecule has 2 aromatic heterocycles. The van der Waals surface area contributed by atoms with Crippen molar-refractivity contribution in [3.8, 4) is 11.5 Å². The minimum Gasteiger partial charge on any atom is -0.467 e. The van der Waals surface area contributed by atoms with E-state index in [4.69, 9.17) is 13.7 Å². The highest BCUT2D eigenvalue weighted by molar-refractivity contribution is 5.51. The second-order valence-electron chi connectivity index (χ2n) is 4.56. The minimum absolute atomic E-state index is 0.522. The Kier molecular flexibility index (Phi) is 3.61. The molecule has 0 bridgehead atoms. The average Bonchev–Trinajstić information content (AvgIpc) is 3.08. The first-order chi connectivity index (χ1) is 9.35. The second-order valence-corrected chi connectivity index (χ2v) is 4.56. The van der Waals surface area contributed by atoms with Gasteiger partial charge in [-0.2, -0.15) is 4.98 Å². The van der Waals surface area contributed by atoms with E-state index >= 15 is 0 Å². The van der Waals surface area contributed by atoms with Crippen LogP contribution in [0.1, 0.15) is 18.5 Å². The van der Waals surface area contributed by atoms with Crippen LogP contribution < -0.4 is 0 Å². The normalized spacial score (nSPS) is 16.9. The SMILES string of the molecule is CCc1noc(-c2coc(CN3CCOCC3)c2)n1. The lowest BCUT2D eigenvalue weighted by molar-refractivity contribution is 0.0313. The number of aryl methyl sites for hydroxylation is 1. The van der Waals surface area contributed by atoms with Crippen molar-refractivity contribution in [1.29, 1.82) is 0 Å². The van der Waals surface area contributed by atoms with Gasteiger partial charge in [-0.25, -0.2) is 0 Å². The van der Waals surface area contributed by atoms with Crippen LogP contribution in [0, 0.1) is 0 Å². The Morgan fingerprint density at radius 1 is 1.32 bits per heavy atom. The highest BCUT2D eigenvalue weighted by Crippen LogP contribution is 2.21. The Morgan fingerprint density at radius 2 is 2.16 bits per heavy atom. The quantitative estimate of drug-likeness (QED) is 0.837. The number of hydrogen-bond acceptors (Lipinski definition) is 6. The maximum Gasteiger partial charge on any atom is 0.261 e. The first-order valence-electron chi connectivity index (χ1n) is 6.55. The van der Waals surface area contributed by atoms with E-state index in [1.54, 1.807) is 6.26 Å². The monoisotopic (exact) mass is 263 g/mol. The summed E-state index contributed by atoms with van der Waals surface area (Å²) in [6, 6.07) is 1.96. The van der Waals surface area contributed by atoms with Gasteiger partial charge in [-0.15, -0.1) is 0 Å². The van der Waals surface area contributed by atoms with Crippen molar-refractivity contribution in [2.45, 2.75) is 19.9 Å². The van der Waals surface area contributed by atoms with Crippen LogP contribution in [0.2, 0.25) is 0 Å². The topological polar surface area (TPSA) is 64.5 Å². The molecule has 102 valence electrons. The van der Waals surface area contributed by atoms with Gasteiger partial charge in [0.05, 0.1) is 25.3 Å². The zero-order valence-corrected chi connectivity index (χ0v) is 11.0. The second kappa shape index (κ2) is 5.54. The summed E-state index contributed by atoms with van der Waals surface area (Å²) < 4.78 is 16.1. The fourth-order valence-corrected chi connectivity index (χ4v) is 2.07. The number of aromatic nitrogens is 2. The van der Waals surface area contributed by atoms with Gasteiger partial charge in [0, 0.05) is 19.5 Å². The van der Waals surface area contributed by atoms with E-state index in [2.05, 4.69) is 15.0 Å². The molecule has 0 spiro atoms. The molecule has 0 aromatic carbocycles. The first kappa shape index (κ1) is 12.4. The molecule has 0 radical (unpaired) electrons. The van der Waals surface area contributed by atoms with Crippen LogP contribution in [0.25, 0.3) is 11.5 Å². The van der Waals surface area contributed by atoms with Crippen molar-refractivity contribution in [3.63, 3.8) is 0 Å². The number of morpholine rings is 1. The summed E-state index contributed by atoms with van der Waals surface area (Å²) in [5.74, 6) is 2.15. The van der Waals surface area contributed by atoms with E-state index in [1.165, 1.54) is 0 Å². The molecule has 2 aromatic rings. The molecule has 0 aliphatic carbocycles. The van der Waals surface area contributed by atoms with Crippen molar-refractivity contribution in [3.05, 3.63) is 23.9 Å². The summed E-state index contributed by atoms with van der Waals surface area (Å²) in [5.41, 5.74) is 0.843. The van der Waals surface area contributed by atoms with Crippen LogP contribution in [-0.4, -0.2) is 41.3 Å². The molecule has 3 rings (SSSR count). The highest BCUT2D eigenvalue weighted by Gasteiger charge is 2.15. The van der Waals surface area contributed by atoms with Crippen molar-refractivity contribution in [2.75, 3.05) is 26.3 Å². The van der Waals surface area contributed by atoms with Gasteiger partial charge in [0.25, 0.3) is 5.89 Å². The Labute approximate surface area is 111 Å². The maximum atomic E-state index is 5.55. The molecule has 19 heavy (non-hydrogen) atoms. The predicted molar refractivity (Wildman–Crippen MR) is 67.5 cm³/mol. The van der Waals surface area contributed by atoms with Gasteiger partial charge < -0.3 is 13.7 Å². The van der Waals surface area contributed by atoms with Crippen LogP contribution >= 0.6 is 0 Å². The van der Waals surface area contributed by atoms with Gasteiger partial charge in [-0.3, -0.25) is 4.90 Å². The van der Waals surface area contributed by atoms with Crippen LogP contribution in [0.4, 0.5) is 0 Å². The van der Waals surface area contributed by atoms with Crippen LogP contribution in [0.3, 0.4) is 0 Å². The fraction of sp³-hybridized carbons (Fsp3) is 0.538. The standard InChI is InChI=1S/C13H17N3O3/c1-2-12-14-13(19-15-12)10-7-11(18-9-10)8-16-3-5-17-6-4-16/h7,9H,2-6,8H2,1H3. The lowest BCUT2D eigenvalue weighted by Gasteiger charge is -2.25. The van der Waals surface area contributed by atoms with E-state index < -0.39 is 0 Å². The number of nitrogens with zero attached hydrogens (tertiary/aromatic N) is 3. The largest absolute Gasteiger partial charge is 0.467 e. The highest BCUT2D eigenvalue weighted by atomic mass is 16.5. The van der Waals surface area contributed by atoms with Gasteiger partial charge >= 0.3 is 0 Å². The molecule has 0 unspecified atom stereocenters. The molecule has 1 saturated heterocycles. The van der Waals surface area contributed by atoms with Crippen LogP contribution in [-0.2, 0) is 17.7 Å². The van der Waals surface area contributed by atoms with Gasteiger partial charge in [0.15, 0.2) is 5.82 Å². The summed E-state index contributed by atoms with van der Waals surface area (Å²) in [4.78, 5) is 6.59. The van der Waals surface area contributed by atoms with E-state index in [9.17, 15) is 0 Å². The molecule has 6 nitrogen and oxygen atoms in total. The molecule has 0 atom stereocenters. The number of ether oxygens (including phenoxy) is 1. The molecule has 0 N–H and O–H groups in total. The molecule has 3 heterocycles. The molecule has 0 amide bonds. The predicted octanol–water partition coefficient (Wildman–Crippen LogP) is 1.72. The summed E-state index contributed by atoms with van der Waals surface area (Å²) in [5, 5.41) is 3.88. The van der Waals surface area contributed by atoms with Gasteiger partial charge in [0.1, 0.15) is 12.0 Å². The minimum atomic E-state index is 0.522. The van der Waals surface area contributed by atoms with Gasteiger partial charge in [-0.1, -0.05) is 12.1 Å². The van der Waals surface area contributed by atoms with Crippen LogP contribution in [0.15, 0.2) is 21.3 Å². The molecular weight excluding hydrogens is 246 g/mol. The summed E-state index contributed by atoms with van der Waals surface area (Å²) in [6.45, 7) is 6.24. The van der Waals surface area contributed by atoms with E-state index in [0.29, 0.717) is 11.7 Å². The first-order valence-corrected chi connectivity index (χ1v) is 6.55. The third-order valence-electron chi connectivity index (χ3n) is 3.17. The van der Waals surface area contributed by atoms with E-state index in [1.807, 2.05) is 13.0 Å². The van der Waals surface area contributed by atoms with Crippen molar-refractivity contribution < 1.29 is 13.7 Å². The Balaban J connectivity index is 1.68. The summed E-state index contributed by atoms with van der Waals surface area (Å²) >= 11 is 0. The Bertz CT molecular complexity index is 529. The number of rotatable bonds is 4. The molecule has 0 saturated carbocycles. The average molecular weight is 263 g/mol. The zero-order valence-electron chi connectivity index (χ0n) is 11.0. The van der Waals surface area contributed by atoms with Gasteiger partial charge in [0.2, 0.25) is 0 Å². The van der Waals surface area contributed by atoms with Crippen LogP contribution in [0.5, 0.6) is 0 Å². The Morgan fingerprint density at radius 3 is 2.89 bits per heavy atom. The lowest BCUT2D eigenvalue weighted by Crippen LogP contribution is -2.35. The van der Waals surface area contributed by atoms with Crippen molar-refractivity contribution >= 4 is 0 Å². The number of furan rings is 1. The molecular formula is C13H17N3O3. The van der Waals surface area contributed by atoms with Crippen molar-refractivity contribution in [1.82, 2.24) is 15.0 Å². The van der Waals surface area contributed by atoms with Crippen molar-refractivity contribution in [2.24, 2.45) is 0 Å². The summed E-state index contributed by atoms with van der Waals surface area (Å²) in [6.07, 6.45) is 2.44.